The van der Waals surface area contributed by atoms with Crippen LogP contribution in [-0.4, -0.2) is 11.6 Å². The van der Waals surface area contributed by atoms with Crippen LogP contribution in [0, 0.1) is 0 Å². The summed E-state index contributed by atoms with van der Waals surface area (Å²) in [6.45, 7) is 6.77. The molecule has 1 atom stereocenters. The van der Waals surface area contributed by atoms with E-state index in [4.69, 9.17) is 0 Å². The van der Waals surface area contributed by atoms with Crippen molar-refractivity contribution in [1.29, 1.82) is 0 Å². The third-order valence-corrected chi connectivity index (χ3v) is 1.84. The summed E-state index contributed by atoms with van der Waals surface area (Å²) in [5, 5.41) is 3.49. The molecule has 1 fully saturated rings. The van der Waals surface area contributed by atoms with Crippen LogP contribution in [0.15, 0.2) is 0 Å². The average molecular weight is 113 g/mol. The van der Waals surface area contributed by atoms with Crippen LogP contribution in [0.5, 0.6) is 0 Å². The number of rotatable bonds is 0. The quantitative estimate of drug-likeness (QED) is 0.502. The molecule has 48 valence electrons. The summed E-state index contributed by atoms with van der Waals surface area (Å²) in [5.74, 6) is 0. The average Bonchev–Trinajstić information content (AvgIpc) is 1.82. The van der Waals surface area contributed by atoms with E-state index >= 15 is 0 Å². The Morgan fingerprint density at radius 3 is 2.25 bits per heavy atom. The minimum absolute atomic E-state index is 0.416. The monoisotopic (exact) mass is 113 g/mol. The molecule has 0 bridgehead atoms. The molecule has 1 heterocycles. The van der Waals surface area contributed by atoms with Gasteiger partial charge in [0.05, 0.1) is 0 Å². The Bertz CT molecular complexity index is 86.4. The van der Waals surface area contributed by atoms with Crippen LogP contribution in [0.25, 0.3) is 0 Å². The summed E-state index contributed by atoms with van der Waals surface area (Å²) < 4.78 is 0. The lowest BCUT2D eigenvalue weighted by atomic mass is 10.0. The Hall–Kier alpha value is -0.0400. The van der Waals surface area contributed by atoms with Gasteiger partial charge in [0.25, 0.3) is 0 Å². The van der Waals surface area contributed by atoms with Crippen molar-refractivity contribution in [2.24, 2.45) is 0 Å². The van der Waals surface area contributed by atoms with E-state index in [1.54, 1.807) is 0 Å². The van der Waals surface area contributed by atoms with E-state index in [1.165, 1.54) is 12.8 Å². The Balaban J connectivity index is 2.44. The van der Waals surface area contributed by atoms with Gasteiger partial charge in [-0.1, -0.05) is 0 Å². The van der Waals surface area contributed by atoms with Crippen LogP contribution >= 0.6 is 0 Å². The first-order chi connectivity index (χ1) is 3.60. The molecule has 0 spiro atoms. The third-order valence-electron chi connectivity index (χ3n) is 1.84. The van der Waals surface area contributed by atoms with Gasteiger partial charge in [0.15, 0.2) is 0 Å². The molecule has 0 radical (unpaired) electrons. The predicted octanol–water partition coefficient (Wildman–Crippen LogP) is 1.54. The van der Waals surface area contributed by atoms with Crippen molar-refractivity contribution < 1.29 is 0 Å². The maximum Gasteiger partial charge on any atom is 0.0128 e. The van der Waals surface area contributed by atoms with Gasteiger partial charge in [-0.05, 0) is 33.6 Å². The predicted molar refractivity (Wildman–Crippen MR) is 35.9 cm³/mol. The second kappa shape index (κ2) is 1.73. The van der Waals surface area contributed by atoms with E-state index in [9.17, 15) is 0 Å². The molecule has 0 aromatic carbocycles. The lowest BCUT2D eigenvalue weighted by Crippen LogP contribution is -2.35. The SMILES string of the molecule is C[C@H]1CCC(C)(C)N1. The summed E-state index contributed by atoms with van der Waals surface area (Å²) in [5.41, 5.74) is 0.416. The fourth-order valence-electron chi connectivity index (χ4n) is 1.39. The fraction of sp³-hybridized carbons (Fsp3) is 1.00. The molecule has 1 aliphatic heterocycles. The summed E-state index contributed by atoms with van der Waals surface area (Å²) in [7, 11) is 0. The minimum Gasteiger partial charge on any atom is -0.309 e. The normalized spacial score (nSPS) is 35.6. The Morgan fingerprint density at radius 1 is 1.50 bits per heavy atom. The van der Waals surface area contributed by atoms with Gasteiger partial charge in [0, 0.05) is 11.6 Å². The zero-order valence-electron chi connectivity index (χ0n) is 5.99. The van der Waals surface area contributed by atoms with Crippen LogP contribution in [0.2, 0.25) is 0 Å². The molecule has 8 heavy (non-hydrogen) atoms. The summed E-state index contributed by atoms with van der Waals surface area (Å²) >= 11 is 0. The Morgan fingerprint density at radius 2 is 2.12 bits per heavy atom. The Labute approximate surface area is 51.5 Å². The summed E-state index contributed by atoms with van der Waals surface area (Å²) in [6.07, 6.45) is 2.67. The van der Waals surface area contributed by atoms with Crippen LogP contribution < -0.4 is 5.32 Å². The second-order valence-corrected chi connectivity index (χ2v) is 3.47. The van der Waals surface area contributed by atoms with E-state index < -0.39 is 0 Å². The van der Waals surface area contributed by atoms with Crippen molar-refractivity contribution in [2.45, 2.75) is 45.2 Å². The van der Waals surface area contributed by atoms with Crippen molar-refractivity contribution in [3.63, 3.8) is 0 Å². The number of nitrogens with one attached hydrogen (secondary N) is 1. The van der Waals surface area contributed by atoms with Gasteiger partial charge < -0.3 is 5.32 Å². The molecule has 1 nitrogen and oxygen atoms in total. The standard InChI is InChI=1S/C7H15N/c1-6-4-5-7(2,3)8-6/h6,8H,4-5H2,1-3H3/t6-/m0/s1. The van der Waals surface area contributed by atoms with Crippen molar-refractivity contribution in [1.82, 2.24) is 5.32 Å². The highest BCUT2D eigenvalue weighted by Gasteiger charge is 2.26. The third kappa shape index (κ3) is 1.22. The largest absolute Gasteiger partial charge is 0.309 e. The van der Waals surface area contributed by atoms with Crippen LogP contribution in [0.4, 0.5) is 0 Å². The van der Waals surface area contributed by atoms with Crippen molar-refractivity contribution >= 4 is 0 Å². The first-order valence-electron chi connectivity index (χ1n) is 3.38. The zero-order chi connectivity index (χ0) is 6.20. The first kappa shape index (κ1) is 6.09. The molecule has 0 aliphatic carbocycles. The van der Waals surface area contributed by atoms with Gasteiger partial charge >= 0.3 is 0 Å². The molecule has 1 aliphatic rings. The van der Waals surface area contributed by atoms with E-state index in [1.807, 2.05) is 0 Å². The lowest BCUT2D eigenvalue weighted by molar-refractivity contribution is 0.437. The van der Waals surface area contributed by atoms with Crippen molar-refractivity contribution in [2.75, 3.05) is 0 Å². The van der Waals surface area contributed by atoms with Gasteiger partial charge in [-0.25, -0.2) is 0 Å². The van der Waals surface area contributed by atoms with Gasteiger partial charge in [0.1, 0.15) is 0 Å². The number of hydrogen-bond acceptors (Lipinski definition) is 1. The Kier molecular flexibility index (Phi) is 1.31. The maximum absolute atomic E-state index is 3.49. The van der Waals surface area contributed by atoms with Crippen molar-refractivity contribution in [3.8, 4) is 0 Å². The van der Waals surface area contributed by atoms with Crippen LogP contribution in [0.1, 0.15) is 33.6 Å². The van der Waals surface area contributed by atoms with Gasteiger partial charge in [-0.15, -0.1) is 0 Å². The molecule has 1 heteroatoms. The van der Waals surface area contributed by atoms with E-state index in [0.717, 1.165) is 6.04 Å². The zero-order valence-corrected chi connectivity index (χ0v) is 5.99. The molecule has 0 amide bonds. The first-order valence-corrected chi connectivity index (χ1v) is 3.38. The van der Waals surface area contributed by atoms with Crippen LogP contribution in [0.3, 0.4) is 0 Å². The topological polar surface area (TPSA) is 12.0 Å². The molecule has 0 aromatic heterocycles. The highest BCUT2D eigenvalue weighted by atomic mass is 15.0. The smallest absolute Gasteiger partial charge is 0.0128 e. The molecular formula is C7H15N. The highest BCUT2D eigenvalue weighted by molar-refractivity contribution is 4.88. The van der Waals surface area contributed by atoms with E-state index in [0.29, 0.717) is 5.54 Å². The molecule has 0 saturated carbocycles. The van der Waals surface area contributed by atoms with Gasteiger partial charge in [-0.2, -0.15) is 0 Å². The summed E-state index contributed by atoms with van der Waals surface area (Å²) in [4.78, 5) is 0. The number of hydrogen-bond donors (Lipinski definition) is 1. The molecular weight excluding hydrogens is 98.1 g/mol. The molecule has 0 aromatic rings. The summed E-state index contributed by atoms with van der Waals surface area (Å²) in [6, 6.07) is 0.741. The molecule has 0 unspecified atom stereocenters. The molecule has 1 N–H and O–H groups in total. The minimum atomic E-state index is 0.416. The van der Waals surface area contributed by atoms with Gasteiger partial charge in [0.2, 0.25) is 0 Å². The van der Waals surface area contributed by atoms with E-state index in [2.05, 4.69) is 26.1 Å². The van der Waals surface area contributed by atoms with Crippen molar-refractivity contribution in [3.05, 3.63) is 0 Å². The lowest BCUT2D eigenvalue weighted by Gasteiger charge is -2.17. The second-order valence-electron chi connectivity index (χ2n) is 3.47. The maximum atomic E-state index is 3.49. The van der Waals surface area contributed by atoms with Gasteiger partial charge in [-0.3, -0.25) is 0 Å². The fourth-order valence-corrected chi connectivity index (χ4v) is 1.39. The van der Waals surface area contributed by atoms with E-state index in [-0.39, 0.29) is 0 Å². The highest BCUT2D eigenvalue weighted by Crippen LogP contribution is 2.21. The molecule has 1 rings (SSSR count). The van der Waals surface area contributed by atoms with Crippen LogP contribution in [-0.2, 0) is 0 Å². The molecule has 1 saturated heterocycles.